The molecule has 0 saturated carbocycles. The van der Waals surface area contributed by atoms with Crippen LogP contribution in [-0.2, 0) is 10.2 Å². The molecule has 1 saturated heterocycles. The molecule has 1 atom stereocenters. The largest absolute Gasteiger partial charge is 0.336 e. The number of para-hydroxylation sites is 1. The summed E-state index contributed by atoms with van der Waals surface area (Å²) in [5, 5.41) is 5.86. The summed E-state index contributed by atoms with van der Waals surface area (Å²) in [6.07, 6.45) is 0.353. The molecule has 24 heavy (non-hydrogen) atoms. The number of urea groups is 1. The molecule has 132 valence electrons. The van der Waals surface area contributed by atoms with Crippen molar-refractivity contribution in [2.24, 2.45) is 0 Å². The number of anilines is 1. The lowest BCUT2D eigenvalue weighted by atomic mass is 9.86. The second-order valence-corrected chi connectivity index (χ2v) is 8.47. The van der Waals surface area contributed by atoms with Crippen molar-refractivity contribution in [3.63, 3.8) is 0 Å². The van der Waals surface area contributed by atoms with E-state index in [1.807, 2.05) is 49.9 Å². The van der Waals surface area contributed by atoms with Gasteiger partial charge in [-0.05, 0) is 37.8 Å². The molecule has 0 aromatic heterocycles. The van der Waals surface area contributed by atoms with Crippen LogP contribution in [0.4, 0.5) is 10.5 Å². The number of carbonyl (C=O) groups excluding carboxylic acids is 2. The Hall–Kier alpha value is -2.04. The highest BCUT2D eigenvalue weighted by atomic mass is 16.2. The molecular formula is C19H29N3O2. The first-order chi connectivity index (χ1) is 11.0. The third-order valence-corrected chi connectivity index (χ3v) is 4.25. The van der Waals surface area contributed by atoms with E-state index in [0.717, 1.165) is 11.3 Å². The average molecular weight is 331 g/mol. The maximum atomic E-state index is 12.4. The average Bonchev–Trinajstić information content (AvgIpc) is 2.78. The van der Waals surface area contributed by atoms with Crippen molar-refractivity contribution in [3.8, 4) is 0 Å². The van der Waals surface area contributed by atoms with E-state index in [4.69, 9.17) is 0 Å². The zero-order valence-corrected chi connectivity index (χ0v) is 15.6. The topological polar surface area (TPSA) is 61.4 Å². The second-order valence-electron chi connectivity index (χ2n) is 8.47. The summed E-state index contributed by atoms with van der Waals surface area (Å²) in [6.45, 7) is 12.9. The molecule has 1 heterocycles. The third kappa shape index (κ3) is 4.28. The molecule has 1 aromatic carbocycles. The molecule has 3 amide bonds. The fraction of sp³-hybridized carbons (Fsp3) is 0.579. The van der Waals surface area contributed by atoms with Gasteiger partial charge in [0.05, 0.1) is 6.04 Å². The van der Waals surface area contributed by atoms with Gasteiger partial charge in [0, 0.05) is 24.2 Å². The number of benzene rings is 1. The summed E-state index contributed by atoms with van der Waals surface area (Å²) >= 11 is 0. The van der Waals surface area contributed by atoms with Crippen LogP contribution < -0.4 is 10.6 Å². The number of hydrogen-bond acceptors (Lipinski definition) is 2. The van der Waals surface area contributed by atoms with Crippen molar-refractivity contribution < 1.29 is 9.59 Å². The maximum absolute atomic E-state index is 12.4. The van der Waals surface area contributed by atoms with Crippen LogP contribution in [0.5, 0.6) is 0 Å². The Morgan fingerprint density at radius 1 is 1.12 bits per heavy atom. The van der Waals surface area contributed by atoms with Crippen LogP contribution in [0.1, 0.15) is 53.5 Å². The third-order valence-electron chi connectivity index (χ3n) is 4.25. The summed E-state index contributed by atoms with van der Waals surface area (Å²) in [5.41, 5.74) is 1.61. The van der Waals surface area contributed by atoms with Gasteiger partial charge in [0.1, 0.15) is 0 Å². The summed E-state index contributed by atoms with van der Waals surface area (Å²) in [7, 11) is 0. The van der Waals surface area contributed by atoms with Crippen LogP contribution in [0.25, 0.3) is 0 Å². The molecule has 2 N–H and O–H groups in total. The molecule has 0 bridgehead atoms. The number of likely N-dealkylation sites (tertiary alicyclic amines) is 1. The first kappa shape index (κ1) is 18.3. The highest BCUT2D eigenvalue weighted by molar-refractivity contribution is 5.91. The molecule has 1 aliphatic rings. The van der Waals surface area contributed by atoms with Crippen molar-refractivity contribution in [1.82, 2.24) is 10.2 Å². The first-order valence-electron chi connectivity index (χ1n) is 8.46. The molecule has 1 fully saturated rings. The molecule has 1 aliphatic heterocycles. The molecule has 5 heteroatoms. The van der Waals surface area contributed by atoms with Gasteiger partial charge in [-0.1, -0.05) is 39.0 Å². The molecule has 0 aliphatic carbocycles. The van der Waals surface area contributed by atoms with Crippen LogP contribution in [0.15, 0.2) is 24.3 Å². The quantitative estimate of drug-likeness (QED) is 0.871. The Kier molecular flexibility index (Phi) is 4.92. The minimum absolute atomic E-state index is 0.0593. The standard InChI is InChI=1S/C19H29N3O2/c1-18(2,3)14-9-7-8-10-15(14)21-17(24)20-13-11-16(23)22(12-13)19(4,5)6/h7-10,13H,11-12H2,1-6H3,(H2,20,21,24). The number of nitrogens with zero attached hydrogens (tertiary/aromatic N) is 1. The molecule has 0 spiro atoms. The summed E-state index contributed by atoms with van der Waals surface area (Å²) in [6, 6.07) is 7.39. The highest BCUT2D eigenvalue weighted by Crippen LogP contribution is 2.29. The molecule has 1 aromatic rings. The zero-order chi connectivity index (χ0) is 18.1. The number of nitrogens with one attached hydrogen (secondary N) is 2. The van der Waals surface area contributed by atoms with E-state index in [2.05, 4.69) is 31.4 Å². The number of carbonyl (C=O) groups is 2. The Labute approximate surface area is 144 Å². The lowest BCUT2D eigenvalue weighted by Crippen LogP contribution is -2.45. The van der Waals surface area contributed by atoms with E-state index in [1.54, 1.807) is 0 Å². The summed E-state index contributed by atoms with van der Waals surface area (Å²) in [5.74, 6) is 0.0860. The van der Waals surface area contributed by atoms with Crippen LogP contribution in [0.3, 0.4) is 0 Å². The predicted molar refractivity (Wildman–Crippen MR) is 97.2 cm³/mol. The lowest BCUT2D eigenvalue weighted by molar-refractivity contribution is -0.131. The minimum Gasteiger partial charge on any atom is -0.336 e. The van der Waals surface area contributed by atoms with Gasteiger partial charge in [0.2, 0.25) is 5.91 Å². The number of amides is 3. The lowest BCUT2D eigenvalue weighted by Gasteiger charge is -2.32. The van der Waals surface area contributed by atoms with Gasteiger partial charge >= 0.3 is 6.03 Å². The van der Waals surface area contributed by atoms with Crippen LogP contribution in [-0.4, -0.2) is 35.0 Å². The Morgan fingerprint density at radius 2 is 1.75 bits per heavy atom. The van der Waals surface area contributed by atoms with Gasteiger partial charge in [-0.15, -0.1) is 0 Å². The molecular weight excluding hydrogens is 302 g/mol. The molecule has 0 radical (unpaired) electrons. The van der Waals surface area contributed by atoms with Crippen molar-refractivity contribution in [2.45, 2.75) is 65.0 Å². The van der Waals surface area contributed by atoms with Crippen LogP contribution in [0.2, 0.25) is 0 Å². The van der Waals surface area contributed by atoms with Gasteiger partial charge in [0.25, 0.3) is 0 Å². The summed E-state index contributed by atoms with van der Waals surface area (Å²) < 4.78 is 0. The SMILES string of the molecule is CC(C)(C)c1ccccc1NC(=O)NC1CC(=O)N(C(C)(C)C)C1. The van der Waals surface area contributed by atoms with Crippen LogP contribution >= 0.6 is 0 Å². The van der Waals surface area contributed by atoms with Gasteiger partial charge in [0.15, 0.2) is 0 Å². The Balaban J connectivity index is 2.02. The number of hydrogen-bond donors (Lipinski definition) is 2. The molecule has 1 unspecified atom stereocenters. The molecule has 5 nitrogen and oxygen atoms in total. The van der Waals surface area contributed by atoms with E-state index in [-0.39, 0.29) is 28.9 Å². The van der Waals surface area contributed by atoms with Crippen molar-refractivity contribution in [3.05, 3.63) is 29.8 Å². The number of rotatable bonds is 2. The summed E-state index contributed by atoms with van der Waals surface area (Å²) in [4.78, 5) is 26.3. The monoisotopic (exact) mass is 331 g/mol. The van der Waals surface area contributed by atoms with E-state index in [1.165, 1.54) is 0 Å². The van der Waals surface area contributed by atoms with Crippen molar-refractivity contribution in [2.75, 3.05) is 11.9 Å². The van der Waals surface area contributed by atoms with Gasteiger partial charge in [-0.2, -0.15) is 0 Å². The second kappa shape index (κ2) is 6.46. The van der Waals surface area contributed by atoms with Crippen molar-refractivity contribution >= 4 is 17.6 Å². The smallest absolute Gasteiger partial charge is 0.319 e. The van der Waals surface area contributed by atoms with E-state index < -0.39 is 0 Å². The Morgan fingerprint density at radius 3 is 2.29 bits per heavy atom. The minimum atomic E-state index is -0.264. The van der Waals surface area contributed by atoms with Gasteiger partial charge in [-0.3, -0.25) is 4.79 Å². The highest BCUT2D eigenvalue weighted by Gasteiger charge is 2.36. The van der Waals surface area contributed by atoms with E-state index >= 15 is 0 Å². The zero-order valence-electron chi connectivity index (χ0n) is 15.6. The van der Waals surface area contributed by atoms with Crippen molar-refractivity contribution in [1.29, 1.82) is 0 Å². The molecule has 2 rings (SSSR count). The van der Waals surface area contributed by atoms with E-state index in [9.17, 15) is 9.59 Å². The normalized spacial score (nSPS) is 18.7. The fourth-order valence-corrected chi connectivity index (χ4v) is 3.04. The Bertz CT molecular complexity index is 626. The maximum Gasteiger partial charge on any atom is 0.319 e. The van der Waals surface area contributed by atoms with Gasteiger partial charge in [-0.25, -0.2) is 4.79 Å². The first-order valence-corrected chi connectivity index (χ1v) is 8.46. The predicted octanol–water partition coefficient (Wildman–Crippen LogP) is 3.51. The fourth-order valence-electron chi connectivity index (χ4n) is 3.04. The van der Waals surface area contributed by atoms with Crippen LogP contribution in [0, 0.1) is 0 Å². The van der Waals surface area contributed by atoms with E-state index in [0.29, 0.717) is 13.0 Å². The van der Waals surface area contributed by atoms with Gasteiger partial charge < -0.3 is 15.5 Å².